The molecular weight excluding hydrogens is 393 g/mol. The van der Waals surface area contributed by atoms with Gasteiger partial charge < -0.3 is 9.47 Å². The number of carbonyl (C=O) groups is 3. The number of esters is 2. The summed E-state index contributed by atoms with van der Waals surface area (Å²) in [6, 6.07) is -0.604. The number of ether oxygens (including phenoxy) is 2. The summed E-state index contributed by atoms with van der Waals surface area (Å²) in [7, 11) is -4.22. The Labute approximate surface area is 164 Å². The van der Waals surface area contributed by atoms with Gasteiger partial charge >= 0.3 is 19.5 Å². The van der Waals surface area contributed by atoms with E-state index in [1.54, 1.807) is 48.5 Å². The van der Waals surface area contributed by atoms with Crippen LogP contribution in [-0.4, -0.2) is 53.4 Å². The molecule has 1 fully saturated rings. The van der Waals surface area contributed by atoms with Crippen LogP contribution in [0.3, 0.4) is 0 Å². The van der Waals surface area contributed by atoms with E-state index in [-0.39, 0.29) is 6.42 Å². The van der Waals surface area contributed by atoms with E-state index >= 15 is 0 Å². The lowest BCUT2D eigenvalue weighted by Crippen LogP contribution is -2.31. The maximum absolute atomic E-state index is 13.2. The van der Waals surface area contributed by atoms with Crippen molar-refractivity contribution in [2.45, 2.75) is 66.6 Å². The molecule has 0 radical (unpaired) electrons. The standard InChI is InChI=1S/C17H30NO9P/c1-11-8-12(13(19)18(11)22)28(23,26-9-24-14(20)16(2,3)4)27-10-25-15(21)17(5,6)7/h11-12,22H,8-10H2,1-7H3/t11-,12-/m0/s1. The van der Waals surface area contributed by atoms with Crippen molar-refractivity contribution in [3.8, 4) is 0 Å². The predicted octanol–water partition coefficient (Wildman–Crippen LogP) is 2.68. The smallest absolute Gasteiger partial charge is 0.349 e. The van der Waals surface area contributed by atoms with Gasteiger partial charge in [0.2, 0.25) is 13.6 Å². The molecule has 0 aromatic heterocycles. The molecule has 28 heavy (non-hydrogen) atoms. The van der Waals surface area contributed by atoms with E-state index < -0.39 is 61.6 Å². The number of carbonyl (C=O) groups excluding carboxylic acids is 3. The Hall–Kier alpha value is -1.48. The molecule has 1 rings (SSSR count). The lowest BCUT2D eigenvalue weighted by molar-refractivity contribution is -0.164. The fourth-order valence-electron chi connectivity index (χ4n) is 2.11. The van der Waals surface area contributed by atoms with Gasteiger partial charge in [0.15, 0.2) is 0 Å². The first-order valence-corrected chi connectivity index (χ1v) is 10.5. The number of hydroxylamine groups is 2. The predicted molar refractivity (Wildman–Crippen MR) is 97.1 cm³/mol. The van der Waals surface area contributed by atoms with Gasteiger partial charge in [0.1, 0.15) is 5.66 Å². The van der Waals surface area contributed by atoms with Gasteiger partial charge in [-0.15, -0.1) is 0 Å². The lowest BCUT2D eigenvalue weighted by atomic mass is 9.98. The van der Waals surface area contributed by atoms with Gasteiger partial charge in [-0.05, 0) is 54.9 Å². The zero-order chi connectivity index (χ0) is 21.9. The minimum Gasteiger partial charge on any atom is -0.438 e. The van der Waals surface area contributed by atoms with E-state index in [0.717, 1.165) is 0 Å². The highest BCUT2D eigenvalue weighted by Gasteiger charge is 2.50. The summed E-state index contributed by atoms with van der Waals surface area (Å²) in [4.78, 5) is 35.9. The van der Waals surface area contributed by atoms with E-state index in [0.29, 0.717) is 5.06 Å². The summed E-state index contributed by atoms with van der Waals surface area (Å²) in [6.45, 7) is 9.89. The molecule has 0 aliphatic carbocycles. The van der Waals surface area contributed by atoms with Crippen LogP contribution in [-0.2, 0) is 37.5 Å². The third-order valence-corrected chi connectivity index (χ3v) is 6.07. The van der Waals surface area contributed by atoms with Crippen LogP contribution in [0.5, 0.6) is 0 Å². The third-order valence-electron chi connectivity index (χ3n) is 3.94. The Kier molecular flexibility index (Phi) is 7.81. The van der Waals surface area contributed by atoms with E-state index in [2.05, 4.69) is 0 Å². The molecule has 10 nitrogen and oxygen atoms in total. The summed E-state index contributed by atoms with van der Waals surface area (Å²) in [5, 5.41) is 10.2. The SMILES string of the molecule is C[C@H]1C[C@H](P(=O)(OCOC(=O)C(C)(C)C)OCOC(=O)C(C)(C)C)C(=O)N1O. The highest BCUT2D eigenvalue weighted by Crippen LogP contribution is 2.57. The summed E-state index contributed by atoms with van der Waals surface area (Å²) >= 11 is 0. The van der Waals surface area contributed by atoms with Crippen LogP contribution in [0.25, 0.3) is 0 Å². The van der Waals surface area contributed by atoms with E-state index in [4.69, 9.17) is 18.5 Å². The van der Waals surface area contributed by atoms with Crippen LogP contribution >= 0.6 is 7.60 Å². The molecule has 0 aromatic carbocycles. The van der Waals surface area contributed by atoms with Gasteiger partial charge in [0.05, 0.1) is 16.9 Å². The minimum atomic E-state index is -4.22. The highest BCUT2D eigenvalue weighted by molar-refractivity contribution is 7.55. The first-order chi connectivity index (χ1) is 12.6. The van der Waals surface area contributed by atoms with Gasteiger partial charge in [-0.2, -0.15) is 0 Å². The minimum absolute atomic E-state index is 0.00690. The zero-order valence-corrected chi connectivity index (χ0v) is 18.3. The second-order valence-electron chi connectivity index (χ2n) is 8.68. The Morgan fingerprint density at radius 1 is 1.04 bits per heavy atom. The number of amides is 1. The Morgan fingerprint density at radius 2 is 1.43 bits per heavy atom. The molecule has 1 saturated heterocycles. The molecule has 1 aliphatic rings. The van der Waals surface area contributed by atoms with Crippen molar-refractivity contribution in [1.29, 1.82) is 0 Å². The van der Waals surface area contributed by atoms with Crippen LogP contribution in [0.4, 0.5) is 0 Å². The molecule has 162 valence electrons. The van der Waals surface area contributed by atoms with Gasteiger partial charge in [0.25, 0.3) is 5.91 Å². The molecule has 1 heterocycles. The molecule has 0 saturated carbocycles. The first-order valence-electron chi connectivity index (χ1n) is 8.85. The van der Waals surface area contributed by atoms with E-state index in [1.807, 2.05) is 0 Å². The summed E-state index contributed by atoms with van der Waals surface area (Å²) in [5.74, 6) is -2.05. The first kappa shape index (κ1) is 24.6. The van der Waals surface area contributed by atoms with Crippen molar-refractivity contribution in [1.82, 2.24) is 5.06 Å². The monoisotopic (exact) mass is 423 g/mol. The van der Waals surface area contributed by atoms with Gasteiger partial charge in [0, 0.05) is 0 Å². The molecule has 1 aliphatic heterocycles. The van der Waals surface area contributed by atoms with Crippen molar-refractivity contribution >= 4 is 25.4 Å². The second kappa shape index (κ2) is 8.90. The zero-order valence-electron chi connectivity index (χ0n) is 17.4. The number of rotatable bonds is 7. The van der Waals surface area contributed by atoms with Crippen molar-refractivity contribution < 1.29 is 42.7 Å². The quantitative estimate of drug-likeness (QED) is 0.284. The summed E-state index contributed by atoms with van der Waals surface area (Å²) < 4.78 is 33.3. The Balaban J connectivity index is 2.85. The molecule has 0 bridgehead atoms. The molecule has 1 N–H and O–H groups in total. The topological polar surface area (TPSA) is 129 Å². The number of hydrogen-bond acceptors (Lipinski definition) is 9. The van der Waals surface area contributed by atoms with Crippen LogP contribution in [0, 0.1) is 10.8 Å². The largest absolute Gasteiger partial charge is 0.438 e. The van der Waals surface area contributed by atoms with E-state index in [1.165, 1.54) is 0 Å². The third kappa shape index (κ3) is 6.27. The van der Waals surface area contributed by atoms with Crippen molar-refractivity contribution in [3.63, 3.8) is 0 Å². The maximum atomic E-state index is 13.2. The molecule has 0 spiro atoms. The van der Waals surface area contributed by atoms with Crippen LogP contribution in [0.1, 0.15) is 54.9 Å². The van der Waals surface area contributed by atoms with Crippen LogP contribution in [0.2, 0.25) is 0 Å². The number of hydrogen-bond donors (Lipinski definition) is 1. The fourth-order valence-corrected chi connectivity index (χ4v) is 3.90. The maximum Gasteiger partial charge on any atom is 0.349 e. The van der Waals surface area contributed by atoms with Crippen molar-refractivity contribution in [2.75, 3.05) is 13.6 Å². The van der Waals surface area contributed by atoms with Crippen molar-refractivity contribution in [2.24, 2.45) is 10.8 Å². The second-order valence-corrected chi connectivity index (χ2v) is 10.9. The summed E-state index contributed by atoms with van der Waals surface area (Å²) in [5.41, 5.74) is -2.93. The molecule has 0 unspecified atom stereocenters. The normalized spacial score (nSPS) is 21.0. The van der Waals surface area contributed by atoms with Crippen LogP contribution < -0.4 is 0 Å². The van der Waals surface area contributed by atoms with Gasteiger partial charge in [-0.1, -0.05) is 0 Å². The average Bonchev–Trinajstić information content (AvgIpc) is 2.81. The molecule has 0 aromatic rings. The highest BCUT2D eigenvalue weighted by atomic mass is 31.2. The fraction of sp³-hybridized carbons (Fsp3) is 0.824. The molecule has 1 amide bonds. The lowest BCUT2D eigenvalue weighted by Gasteiger charge is -2.24. The van der Waals surface area contributed by atoms with Crippen molar-refractivity contribution in [3.05, 3.63) is 0 Å². The van der Waals surface area contributed by atoms with Gasteiger partial charge in [-0.3, -0.25) is 33.2 Å². The average molecular weight is 423 g/mol. The summed E-state index contributed by atoms with van der Waals surface area (Å²) in [6.07, 6.45) is -0.00690. The Morgan fingerprint density at radius 3 is 1.71 bits per heavy atom. The molecule has 2 atom stereocenters. The molecule has 11 heteroatoms. The number of nitrogens with zero attached hydrogens (tertiary/aromatic N) is 1. The van der Waals surface area contributed by atoms with E-state index in [9.17, 15) is 24.2 Å². The Bertz CT molecular complexity index is 614. The van der Waals surface area contributed by atoms with Crippen LogP contribution in [0.15, 0.2) is 0 Å². The molecular formula is C17H30NO9P. The van der Waals surface area contributed by atoms with Gasteiger partial charge in [-0.25, -0.2) is 5.06 Å².